The number of non-ortho nitro benzene ring substituents is 1. The predicted octanol–water partition coefficient (Wildman–Crippen LogP) is 7.05. The van der Waals surface area contributed by atoms with Gasteiger partial charge in [0.15, 0.2) is 0 Å². The first-order valence-corrected chi connectivity index (χ1v) is 10.9. The van der Waals surface area contributed by atoms with Crippen LogP contribution in [-0.2, 0) is 11.3 Å². The molecule has 0 radical (unpaired) electrons. The van der Waals surface area contributed by atoms with E-state index in [9.17, 15) is 19.7 Å². The van der Waals surface area contributed by atoms with Crippen molar-refractivity contribution in [3.8, 4) is 11.3 Å². The number of thioether (sulfide) groups is 1. The lowest BCUT2D eigenvalue weighted by Gasteiger charge is -2.12. The van der Waals surface area contributed by atoms with Crippen LogP contribution in [0.25, 0.3) is 17.4 Å². The first-order valence-electron chi connectivity index (χ1n) is 8.96. The second-order valence-electron chi connectivity index (χ2n) is 6.64. The van der Waals surface area contributed by atoms with Gasteiger partial charge in [0, 0.05) is 23.8 Å². The van der Waals surface area contributed by atoms with Gasteiger partial charge in [-0.05, 0) is 47.7 Å². The van der Waals surface area contributed by atoms with Gasteiger partial charge in [0.05, 0.1) is 31.4 Å². The average Bonchev–Trinajstić information content (AvgIpc) is 3.31. The number of imide groups is 1. The molecule has 162 valence electrons. The van der Waals surface area contributed by atoms with Crippen molar-refractivity contribution in [2.45, 2.75) is 6.54 Å². The summed E-state index contributed by atoms with van der Waals surface area (Å²) in [5.41, 5.74) is 0.863. The summed E-state index contributed by atoms with van der Waals surface area (Å²) < 4.78 is 5.70. The molecule has 2 aromatic carbocycles. The van der Waals surface area contributed by atoms with E-state index in [1.54, 1.807) is 30.3 Å². The summed E-state index contributed by atoms with van der Waals surface area (Å²) in [6, 6.07) is 12.0. The number of hydrogen-bond donors (Lipinski definition) is 0. The number of rotatable bonds is 5. The number of nitro groups is 1. The smallest absolute Gasteiger partial charge is 0.293 e. The number of carbonyl (C=O) groups excluding carboxylic acids is 2. The van der Waals surface area contributed by atoms with Crippen LogP contribution in [0.2, 0.25) is 15.1 Å². The van der Waals surface area contributed by atoms with Gasteiger partial charge in [-0.25, -0.2) is 0 Å². The highest BCUT2D eigenvalue weighted by atomic mass is 35.5. The van der Waals surface area contributed by atoms with Gasteiger partial charge in [-0.15, -0.1) is 0 Å². The molecule has 0 saturated carbocycles. The monoisotopic (exact) mass is 508 g/mol. The van der Waals surface area contributed by atoms with E-state index >= 15 is 0 Å². The Balaban J connectivity index is 1.56. The predicted molar refractivity (Wildman–Crippen MR) is 124 cm³/mol. The summed E-state index contributed by atoms with van der Waals surface area (Å²) in [6.07, 6.45) is 1.44. The first-order chi connectivity index (χ1) is 15.2. The maximum Gasteiger partial charge on any atom is 0.293 e. The van der Waals surface area contributed by atoms with Crippen molar-refractivity contribution in [1.82, 2.24) is 4.90 Å². The van der Waals surface area contributed by atoms with Crippen LogP contribution >= 0.6 is 46.6 Å². The van der Waals surface area contributed by atoms with E-state index in [0.717, 1.165) is 16.7 Å². The highest BCUT2D eigenvalue weighted by Gasteiger charge is 2.35. The zero-order valence-electron chi connectivity index (χ0n) is 15.9. The number of benzene rings is 2. The second kappa shape index (κ2) is 8.99. The van der Waals surface area contributed by atoms with Crippen molar-refractivity contribution in [2.24, 2.45) is 0 Å². The fourth-order valence-corrected chi connectivity index (χ4v) is 4.33. The minimum atomic E-state index is -0.534. The Labute approximate surface area is 200 Å². The normalized spacial score (nSPS) is 15.1. The topological polar surface area (TPSA) is 93.7 Å². The summed E-state index contributed by atoms with van der Waals surface area (Å²) in [5.74, 6) is 0.111. The van der Waals surface area contributed by atoms with E-state index in [1.165, 1.54) is 24.3 Å². The van der Waals surface area contributed by atoms with Crippen LogP contribution in [0.3, 0.4) is 0 Å². The van der Waals surface area contributed by atoms with Crippen LogP contribution < -0.4 is 0 Å². The van der Waals surface area contributed by atoms with Gasteiger partial charge in [0.1, 0.15) is 11.5 Å². The van der Waals surface area contributed by atoms with E-state index in [0.29, 0.717) is 32.7 Å². The third-order valence-corrected chi connectivity index (χ3v) is 6.50. The van der Waals surface area contributed by atoms with Gasteiger partial charge in [-0.1, -0.05) is 40.9 Å². The number of hydrogen-bond acceptors (Lipinski definition) is 6. The molecule has 0 aliphatic carbocycles. The molecule has 1 fully saturated rings. The Hall–Kier alpha value is -2.78. The molecule has 32 heavy (non-hydrogen) atoms. The summed E-state index contributed by atoms with van der Waals surface area (Å²) >= 11 is 18.8. The quantitative estimate of drug-likeness (QED) is 0.208. The van der Waals surface area contributed by atoms with Gasteiger partial charge in [0.25, 0.3) is 16.8 Å². The van der Waals surface area contributed by atoms with E-state index < -0.39 is 16.1 Å². The first kappa shape index (κ1) is 22.4. The molecule has 0 spiro atoms. The molecular weight excluding hydrogens is 499 g/mol. The Kier molecular flexibility index (Phi) is 6.30. The molecule has 2 amide bonds. The lowest BCUT2D eigenvalue weighted by atomic mass is 10.1. The van der Waals surface area contributed by atoms with Gasteiger partial charge >= 0.3 is 0 Å². The van der Waals surface area contributed by atoms with Crippen LogP contribution in [0.5, 0.6) is 0 Å². The van der Waals surface area contributed by atoms with Gasteiger partial charge in [-0.2, -0.15) is 0 Å². The minimum absolute atomic E-state index is 0.0472. The number of furan rings is 1. The number of amides is 2. The molecule has 1 saturated heterocycles. The average molecular weight is 510 g/mol. The molecule has 0 unspecified atom stereocenters. The van der Waals surface area contributed by atoms with Crippen LogP contribution in [-0.4, -0.2) is 21.0 Å². The second-order valence-corrected chi connectivity index (χ2v) is 8.85. The van der Waals surface area contributed by atoms with Gasteiger partial charge in [0.2, 0.25) is 0 Å². The fraction of sp³-hybridized carbons (Fsp3) is 0.0476. The third-order valence-electron chi connectivity index (χ3n) is 4.52. The molecule has 4 rings (SSSR count). The third kappa shape index (κ3) is 4.54. The summed E-state index contributed by atoms with van der Waals surface area (Å²) in [7, 11) is 0. The molecule has 2 heterocycles. The van der Waals surface area contributed by atoms with Crippen LogP contribution in [0.4, 0.5) is 10.5 Å². The van der Waals surface area contributed by atoms with Crippen molar-refractivity contribution in [3.05, 3.63) is 89.9 Å². The SMILES string of the molecule is O=C1S/C(=C/c2ccc(-c3cc([N+](=O)[O-])ccc3Cl)o2)C(=O)N1Cc1ccc(Cl)c(Cl)c1. The molecule has 0 bridgehead atoms. The van der Waals surface area contributed by atoms with Gasteiger partial charge in [-0.3, -0.25) is 24.6 Å². The van der Waals surface area contributed by atoms with Crippen molar-refractivity contribution >= 4 is 69.5 Å². The minimum Gasteiger partial charge on any atom is -0.457 e. The van der Waals surface area contributed by atoms with E-state index in [2.05, 4.69) is 0 Å². The van der Waals surface area contributed by atoms with Crippen molar-refractivity contribution in [2.75, 3.05) is 0 Å². The largest absolute Gasteiger partial charge is 0.457 e. The number of nitro benzene ring substituents is 1. The molecule has 1 aliphatic rings. The summed E-state index contributed by atoms with van der Waals surface area (Å²) in [6.45, 7) is 0.0472. The van der Waals surface area contributed by atoms with Crippen molar-refractivity contribution in [3.63, 3.8) is 0 Å². The van der Waals surface area contributed by atoms with Crippen LogP contribution in [0.1, 0.15) is 11.3 Å². The number of nitrogens with zero attached hydrogens (tertiary/aromatic N) is 2. The summed E-state index contributed by atoms with van der Waals surface area (Å²) in [5, 5.41) is 11.6. The summed E-state index contributed by atoms with van der Waals surface area (Å²) in [4.78, 5) is 36.9. The Morgan fingerprint density at radius 3 is 2.47 bits per heavy atom. The maximum absolute atomic E-state index is 12.7. The Morgan fingerprint density at radius 2 is 1.75 bits per heavy atom. The molecule has 1 aromatic heterocycles. The molecule has 3 aromatic rings. The van der Waals surface area contributed by atoms with E-state index in [-0.39, 0.29) is 22.2 Å². The van der Waals surface area contributed by atoms with Crippen molar-refractivity contribution in [1.29, 1.82) is 0 Å². The molecule has 7 nitrogen and oxygen atoms in total. The Bertz CT molecular complexity index is 1300. The lowest BCUT2D eigenvalue weighted by Crippen LogP contribution is -2.27. The lowest BCUT2D eigenvalue weighted by molar-refractivity contribution is -0.384. The maximum atomic E-state index is 12.7. The number of carbonyl (C=O) groups is 2. The molecule has 1 aliphatic heterocycles. The zero-order valence-corrected chi connectivity index (χ0v) is 19.0. The zero-order chi connectivity index (χ0) is 23.0. The van der Waals surface area contributed by atoms with E-state index in [1.807, 2.05) is 0 Å². The molecule has 0 N–H and O–H groups in total. The van der Waals surface area contributed by atoms with Crippen LogP contribution in [0, 0.1) is 10.1 Å². The molecular formula is C21H11Cl3N2O5S. The fourth-order valence-electron chi connectivity index (χ4n) is 2.98. The van der Waals surface area contributed by atoms with Crippen molar-refractivity contribution < 1.29 is 18.9 Å². The van der Waals surface area contributed by atoms with Crippen LogP contribution in [0.15, 0.2) is 57.9 Å². The van der Waals surface area contributed by atoms with Gasteiger partial charge < -0.3 is 4.42 Å². The molecule has 0 atom stereocenters. The highest BCUT2D eigenvalue weighted by Crippen LogP contribution is 2.36. The standard InChI is InChI=1S/C21H11Cl3N2O5S/c22-15-5-2-12(26(29)30)8-14(15)18-6-3-13(31-18)9-19-20(27)25(21(28)32-19)10-11-1-4-16(23)17(24)7-11/h1-9H,10H2/b19-9+. The number of halogens is 3. The molecule has 11 heteroatoms. The Morgan fingerprint density at radius 1 is 1.00 bits per heavy atom. The van der Waals surface area contributed by atoms with E-state index in [4.69, 9.17) is 39.2 Å². The highest BCUT2D eigenvalue weighted by molar-refractivity contribution is 8.18.